The zero-order valence-electron chi connectivity index (χ0n) is 21.5. The second kappa shape index (κ2) is 9.89. The number of likely N-dealkylation sites (tertiary alicyclic amines) is 1. The Morgan fingerprint density at radius 1 is 1.11 bits per heavy atom. The Morgan fingerprint density at radius 3 is 2.66 bits per heavy atom. The van der Waals surface area contributed by atoms with Gasteiger partial charge < -0.3 is 19.7 Å². The summed E-state index contributed by atoms with van der Waals surface area (Å²) >= 11 is 6.23. The maximum Gasteiger partial charge on any atom is 0.302 e. The molecule has 1 N–H and O–H groups in total. The van der Waals surface area contributed by atoms with Gasteiger partial charge in [0.25, 0.3) is 0 Å². The minimum absolute atomic E-state index is 0.0741. The molecule has 1 saturated heterocycles. The van der Waals surface area contributed by atoms with Gasteiger partial charge in [-0.2, -0.15) is 0 Å². The van der Waals surface area contributed by atoms with Gasteiger partial charge in [0.15, 0.2) is 0 Å². The molecule has 0 unspecified atom stereocenters. The van der Waals surface area contributed by atoms with Crippen molar-refractivity contribution in [1.82, 2.24) is 4.90 Å². The van der Waals surface area contributed by atoms with Crippen LogP contribution >= 0.6 is 11.6 Å². The van der Waals surface area contributed by atoms with E-state index in [1.807, 2.05) is 41.3 Å². The summed E-state index contributed by atoms with van der Waals surface area (Å²) in [6, 6.07) is 11.7. The van der Waals surface area contributed by atoms with Crippen LogP contribution in [0.3, 0.4) is 0 Å². The summed E-state index contributed by atoms with van der Waals surface area (Å²) in [5.74, 6) is 0.734. The van der Waals surface area contributed by atoms with Crippen LogP contribution in [-0.2, 0) is 31.0 Å². The molecule has 38 heavy (non-hydrogen) atoms. The van der Waals surface area contributed by atoms with Crippen LogP contribution in [0.25, 0.3) is 0 Å². The van der Waals surface area contributed by atoms with Gasteiger partial charge >= 0.3 is 5.97 Å². The molecule has 2 aromatic carbocycles. The third kappa shape index (κ3) is 4.54. The number of aryl methyl sites for hydroxylation is 1. The number of fused-ring (bicyclic) bond motifs is 3. The van der Waals surface area contributed by atoms with E-state index in [0.717, 1.165) is 60.7 Å². The van der Waals surface area contributed by atoms with Crippen molar-refractivity contribution in [3.8, 4) is 5.75 Å². The number of nitrogens with one attached hydrogen (secondary N) is 1. The monoisotopic (exact) mass is 537 g/mol. The van der Waals surface area contributed by atoms with Gasteiger partial charge in [-0.1, -0.05) is 11.6 Å². The maximum atomic E-state index is 12.9. The lowest BCUT2D eigenvalue weighted by molar-refractivity contribution is -0.151. The number of piperidine rings is 1. The number of nitrogens with zero attached hydrogens (tertiary/aromatic N) is 2. The fourth-order valence-corrected chi connectivity index (χ4v) is 6.57. The summed E-state index contributed by atoms with van der Waals surface area (Å²) in [7, 11) is 0. The lowest BCUT2D eigenvalue weighted by Gasteiger charge is -2.44. The van der Waals surface area contributed by atoms with Crippen molar-refractivity contribution < 1.29 is 23.9 Å². The second-order valence-corrected chi connectivity index (χ2v) is 11.3. The standard InChI is InChI=1S/C29H32ClN3O5/c1-18(34)38-23-16-21(17-23)33-26-6-4-22(14-19(26)2-7-27(33)35)37-13-12-32-10-8-29(9-11-32)24-15-20(30)3-5-25(24)31-28(29)36/h3-6,14-15,21,23H,2,7-13,16-17H2,1H3,(H,31,36). The first-order valence-electron chi connectivity index (χ1n) is 13.4. The molecule has 0 bridgehead atoms. The summed E-state index contributed by atoms with van der Waals surface area (Å²) < 4.78 is 11.4. The quantitative estimate of drug-likeness (QED) is 0.559. The summed E-state index contributed by atoms with van der Waals surface area (Å²) in [6.07, 6.45) is 3.95. The molecular formula is C29H32ClN3O5. The van der Waals surface area contributed by atoms with E-state index in [1.165, 1.54) is 6.92 Å². The molecule has 3 aliphatic heterocycles. The van der Waals surface area contributed by atoms with Crippen molar-refractivity contribution in [3.63, 3.8) is 0 Å². The highest BCUT2D eigenvalue weighted by Gasteiger charge is 2.48. The van der Waals surface area contributed by atoms with Crippen LogP contribution in [-0.4, -0.2) is 61.1 Å². The number of hydrogen-bond donors (Lipinski definition) is 1. The van der Waals surface area contributed by atoms with E-state index in [9.17, 15) is 14.4 Å². The minimum atomic E-state index is -0.488. The number of halogens is 1. The predicted octanol–water partition coefficient (Wildman–Crippen LogP) is 4.08. The number of ether oxygens (including phenoxy) is 2. The molecule has 9 heteroatoms. The van der Waals surface area contributed by atoms with Gasteiger partial charge in [0.05, 0.1) is 5.41 Å². The minimum Gasteiger partial charge on any atom is -0.492 e. The smallest absolute Gasteiger partial charge is 0.302 e. The molecule has 0 atom stereocenters. The average molecular weight is 538 g/mol. The fraction of sp³-hybridized carbons (Fsp3) is 0.483. The Morgan fingerprint density at radius 2 is 1.89 bits per heavy atom. The normalized spacial score (nSPS) is 23.9. The number of amides is 2. The van der Waals surface area contributed by atoms with Crippen molar-refractivity contribution in [2.45, 2.75) is 63.0 Å². The van der Waals surface area contributed by atoms with Crippen molar-refractivity contribution in [2.75, 3.05) is 36.5 Å². The van der Waals surface area contributed by atoms with Gasteiger partial charge in [-0.25, -0.2) is 0 Å². The molecule has 6 rings (SSSR count). The summed E-state index contributed by atoms with van der Waals surface area (Å²) in [5, 5.41) is 3.69. The van der Waals surface area contributed by atoms with Gasteiger partial charge in [-0.05, 0) is 79.9 Å². The Labute approximate surface area is 227 Å². The highest BCUT2D eigenvalue weighted by atomic mass is 35.5. The Hall–Kier alpha value is -3.10. The van der Waals surface area contributed by atoms with Crippen molar-refractivity contribution >= 4 is 40.8 Å². The molecule has 200 valence electrons. The van der Waals surface area contributed by atoms with Crippen LogP contribution in [0, 0.1) is 0 Å². The molecule has 4 aliphatic rings. The van der Waals surface area contributed by atoms with Crippen LogP contribution in [0.1, 0.15) is 50.2 Å². The van der Waals surface area contributed by atoms with Crippen LogP contribution in [0.2, 0.25) is 5.02 Å². The SMILES string of the molecule is CC(=O)OC1CC(N2C(=O)CCc3cc(OCCN4CCC5(CC4)C(=O)Nc4ccc(Cl)cc45)ccc32)C1. The number of benzene rings is 2. The molecule has 1 spiro atoms. The number of anilines is 2. The Bertz CT molecular complexity index is 1280. The lowest BCUT2D eigenvalue weighted by Crippen LogP contribution is -2.52. The zero-order valence-corrected chi connectivity index (χ0v) is 22.3. The van der Waals surface area contributed by atoms with Crippen LogP contribution in [0.15, 0.2) is 36.4 Å². The highest BCUT2D eigenvalue weighted by Crippen LogP contribution is 2.46. The molecule has 2 amide bonds. The molecule has 8 nitrogen and oxygen atoms in total. The van der Waals surface area contributed by atoms with Crippen molar-refractivity contribution in [2.24, 2.45) is 0 Å². The molecule has 2 aromatic rings. The maximum absolute atomic E-state index is 12.9. The fourth-order valence-electron chi connectivity index (χ4n) is 6.40. The molecular weight excluding hydrogens is 506 g/mol. The third-order valence-electron chi connectivity index (χ3n) is 8.52. The molecule has 1 aliphatic carbocycles. The van der Waals surface area contributed by atoms with Gasteiger partial charge in [0.1, 0.15) is 18.5 Å². The average Bonchev–Trinajstić information content (AvgIpc) is 3.13. The zero-order chi connectivity index (χ0) is 26.4. The topological polar surface area (TPSA) is 88.2 Å². The van der Waals surface area contributed by atoms with Crippen molar-refractivity contribution in [1.29, 1.82) is 0 Å². The molecule has 0 aromatic heterocycles. The lowest BCUT2D eigenvalue weighted by atomic mass is 9.73. The van der Waals surface area contributed by atoms with E-state index in [4.69, 9.17) is 21.1 Å². The second-order valence-electron chi connectivity index (χ2n) is 10.8. The first-order valence-corrected chi connectivity index (χ1v) is 13.8. The van der Waals surface area contributed by atoms with Gasteiger partial charge in [0.2, 0.25) is 11.8 Å². The van der Waals surface area contributed by atoms with Crippen LogP contribution in [0.5, 0.6) is 5.75 Å². The number of rotatable bonds is 6. The molecule has 2 fully saturated rings. The van der Waals surface area contributed by atoms with Crippen LogP contribution < -0.4 is 15.0 Å². The van der Waals surface area contributed by atoms with E-state index < -0.39 is 5.41 Å². The number of carbonyl (C=O) groups is 3. The van der Waals surface area contributed by atoms with Crippen LogP contribution in [0.4, 0.5) is 11.4 Å². The molecule has 3 heterocycles. The predicted molar refractivity (Wildman–Crippen MR) is 144 cm³/mol. The Balaban J connectivity index is 1.03. The number of esters is 1. The highest BCUT2D eigenvalue weighted by molar-refractivity contribution is 6.31. The molecule has 1 saturated carbocycles. The number of hydrogen-bond acceptors (Lipinski definition) is 6. The molecule has 0 radical (unpaired) electrons. The number of carbonyl (C=O) groups excluding carboxylic acids is 3. The first kappa shape index (κ1) is 25.2. The largest absolute Gasteiger partial charge is 0.492 e. The van der Waals surface area contributed by atoms with E-state index in [2.05, 4.69) is 10.2 Å². The first-order chi connectivity index (χ1) is 18.3. The summed E-state index contributed by atoms with van der Waals surface area (Å²) in [5.41, 5.74) is 3.47. The van der Waals surface area contributed by atoms with E-state index in [1.54, 1.807) is 0 Å². The van der Waals surface area contributed by atoms with Gasteiger partial charge in [-0.15, -0.1) is 0 Å². The van der Waals surface area contributed by atoms with Gasteiger partial charge in [-0.3, -0.25) is 19.3 Å². The van der Waals surface area contributed by atoms with E-state index in [-0.39, 0.29) is 29.9 Å². The Kier molecular flexibility index (Phi) is 6.56. The van der Waals surface area contributed by atoms with E-state index >= 15 is 0 Å². The third-order valence-corrected chi connectivity index (χ3v) is 8.76. The van der Waals surface area contributed by atoms with Gasteiger partial charge in [0, 0.05) is 55.2 Å². The summed E-state index contributed by atoms with van der Waals surface area (Å²) in [6.45, 7) is 4.39. The summed E-state index contributed by atoms with van der Waals surface area (Å²) in [4.78, 5) is 41.0. The van der Waals surface area contributed by atoms with Crippen molar-refractivity contribution in [3.05, 3.63) is 52.5 Å². The van der Waals surface area contributed by atoms with E-state index in [0.29, 0.717) is 37.3 Å².